The van der Waals surface area contributed by atoms with Gasteiger partial charge in [0.05, 0.1) is 11.9 Å². The van der Waals surface area contributed by atoms with Crippen LogP contribution in [0, 0.1) is 12.7 Å². The Bertz CT molecular complexity index is 1040. The van der Waals surface area contributed by atoms with Gasteiger partial charge in [-0.2, -0.15) is 0 Å². The molecule has 0 heterocycles. The van der Waals surface area contributed by atoms with Crippen LogP contribution in [0.5, 0.6) is 0 Å². The molecule has 0 saturated carbocycles. The first-order valence-electron chi connectivity index (χ1n) is 9.89. The second kappa shape index (κ2) is 10.4. The van der Waals surface area contributed by atoms with E-state index in [2.05, 4.69) is 5.32 Å². The predicted octanol–water partition coefficient (Wildman–Crippen LogP) is 2.45. The highest BCUT2D eigenvalue weighted by atomic mass is 32.2. The van der Waals surface area contributed by atoms with Crippen LogP contribution in [-0.2, 0) is 26.2 Å². The summed E-state index contributed by atoms with van der Waals surface area (Å²) < 4.78 is 40.1. The molecule has 1 N–H and O–H groups in total. The summed E-state index contributed by atoms with van der Waals surface area (Å²) in [7, 11) is -3.79. The van der Waals surface area contributed by atoms with Crippen LogP contribution >= 0.6 is 0 Å². The zero-order valence-corrected chi connectivity index (χ0v) is 18.9. The quantitative estimate of drug-likeness (QED) is 0.637. The Kier molecular flexibility index (Phi) is 8.15. The minimum atomic E-state index is -3.79. The number of hydrogen-bond acceptors (Lipinski definition) is 4. The fourth-order valence-electron chi connectivity index (χ4n) is 3.11. The summed E-state index contributed by atoms with van der Waals surface area (Å²) in [5.74, 6) is -1.54. The largest absolute Gasteiger partial charge is 0.355 e. The molecular weight excluding hydrogens is 421 g/mol. The van der Waals surface area contributed by atoms with E-state index >= 15 is 0 Å². The number of aryl methyl sites for hydroxylation is 1. The monoisotopic (exact) mass is 449 g/mol. The number of carbonyl (C=O) groups excluding carboxylic acids is 2. The Morgan fingerprint density at radius 3 is 2.39 bits per heavy atom. The van der Waals surface area contributed by atoms with E-state index < -0.39 is 40.2 Å². The van der Waals surface area contributed by atoms with Gasteiger partial charge in [-0.1, -0.05) is 30.3 Å². The number of benzene rings is 2. The number of nitrogens with one attached hydrogen (secondary N) is 1. The van der Waals surface area contributed by atoms with Crippen molar-refractivity contribution in [2.45, 2.75) is 33.4 Å². The fourth-order valence-corrected chi connectivity index (χ4v) is 3.95. The molecule has 7 nitrogen and oxygen atoms in total. The first-order chi connectivity index (χ1) is 14.5. The van der Waals surface area contributed by atoms with Crippen LogP contribution in [-0.4, -0.2) is 50.5 Å². The molecule has 0 saturated heterocycles. The van der Waals surface area contributed by atoms with Crippen molar-refractivity contribution in [2.75, 3.05) is 23.7 Å². The molecule has 2 aromatic rings. The van der Waals surface area contributed by atoms with E-state index in [-0.39, 0.29) is 12.1 Å². The molecular formula is C22H28FN3O4S. The number of carbonyl (C=O) groups is 2. The number of sulfonamides is 1. The van der Waals surface area contributed by atoms with Gasteiger partial charge in [0.2, 0.25) is 21.8 Å². The fraction of sp³-hybridized carbons (Fsp3) is 0.364. The number of amides is 2. The van der Waals surface area contributed by atoms with E-state index in [4.69, 9.17) is 0 Å². The summed E-state index contributed by atoms with van der Waals surface area (Å²) in [5, 5.41) is 2.65. The van der Waals surface area contributed by atoms with Gasteiger partial charge >= 0.3 is 0 Å². The van der Waals surface area contributed by atoms with Gasteiger partial charge in [-0.3, -0.25) is 13.9 Å². The Morgan fingerprint density at radius 1 is 1.13 bits per heavy atom. The van der Waals surface area contributed by atoms with Crippen molar-refractivity contribution in [1.29, 1.82) is 0 Å². The Balaban J connectivity index is 2.40. The van der Waals surface area contributed by atoms with Gasteiger partial charge < -0.3 is 10.2 Å². The van der Waals surface area contributed by atoms with E-state index in [9.17, 15) is 22.4 Å². The van der Waals surface area contributed by atoms with Crippen molar-refractivity contribution in [2.24, 2.45) is 0 Å². The summed E-state index contributed by atoms with van der Waals surface area (Å²) in [5.41, 5.74) is 1.40. The molecule has 0 aliphatic carbocycles. The van der Waals surface area contributed by atoms with Crippen LogP contribution in [0.2, 0.25) is 0 Å². The van der Waals surface area contributed by atoms with Gasteiger partial charge in [-0.05, 0) is 44.5 Å². The van der Waals surface area contributed by atoms with Gasteiger partial charge in [-0.25, -0.2) is 12.8 Å². The van der Waals surface area contributed by atoms with Crippen molar-refractivity contribution < 1.29 is 22.4 Å². The van der Waals surface area contributed by atoms with Crippen LogP contribution in [0.25, 0.3) is 0 Å². The third-order valence-electron chi connectivity index (χ3n) is 4.79. The highest BCUT2D eigenvalue weighted by Gasteiger charge is 2.30. The Morgan fingerprint density at radius 2 is 1.81 bits per heavy atom. The summed E-state index contributed by atoms with van der Waals surface area (Å²) >= 11 is 0. The maximum absolute atomic E-state index is 14.2. The molecule has 0 fully saturated rings. The molecule has 2 rings (SSSR count). The van der Waals surface area contributed by atoms with Crippen LogP contribution < -0.4 is 9.62 Å². The first-order valence-corrected chi connectivity index (χ1v) is 11.7. The summed E-state index contributed by atoms with van der Waals surface area (Å²) in [6.45, 7) is 4.77. The first kappa shape index (κ1) is 24.3. The molecule has 168 valence electrons. The number of hydrogen-bond donors (Lipinski definition) is 1. The number of rotatable bonds is 9. The molecule has 0 aliphatic rings. The topological polar surface area (TPSA) is 86.8 Å². The van der Waals surface area contributed by atoms with Gasteiger partial charge in [0.25, 0.3) is 0 Å². The molecule has 0 radical (unpaired) electrons. The Hall–Kier alpha value is -2.94. The lowest BCUT2D eigenvalue weighted by Gasteiger charge is -2.31. The van der Waals surface area contributed by atoms with Gasteiger partial charge in [0.15, 0.2) is 0 Å². The second-order valence-electron chi connectivity index (χ2n) is 7.29. The summed E-state index contributed by atoms with van der Waals surface area (Å²) in [6, 6.07) is 11.8. The van der Waals surface area contributed by atoms with E-state index in [0.29, 0.717) is 12.2 Å². The van der Waals surface area contributed by atoms with Gasteiger partial charge in [0, 0.05) is 18.7 Å². The normalized spacial score (nSPS) is 12.2. The maximum Gasteiger partial charge on any atom is 0.244 e. The molecule has 2 amide bonds. The predicted molar refractivity (Wildman–Crippen MR) is 118 cm³/mol. The van der Waals surface area contributed by atoms with Crippen LogP contribution in [0.4, 0.5) is 10.1 Å². The molecule has 0 aromatic heterocycles. The molecule has 1 unspecified atom stereocenters. The number of likely N-dealkylation sites (N-methyl/N-ethyl adjacent to an activating group) is 1. The zero-order chi connectivity index (χ0) is 23.2. The van der Waals surface area contributed by atoms with E-state index in [1.54, 1.807) is 31.2 Å². The highest BCUT2D eigenvalue weighted by Crippen LogP contribution is 2.20. The standard InChI is InChI=1S/C22H28FN3O4S/c1-5-24-22(28)17(3)25(14-18-10-6-7-12-20(18)23)21(27)15-26(31(4,29)30)19-11-8-9-16(2)13-19/h6-13,17H,5,14-15H2,1-4H3,(H,24,28). The highest BCUT2D eigenvalue weighted by molar-refractivity contribution is 7.92. The molecule has 0 aliphatic heterocycles. The maximum atomic E-state index is 14.2. The lowest BCUT2D eigenvalue weighted by atomic mass is 10.1. The minimum absolute atomic E-state index is 0.171. The van der Waals surface area contributed by atoms with E-state index in [1.807, 2.05) is 13.0 Å². The molecule has 0 spiro atoms. The third-order valence-corrected chi connectivity index (χ3v) is 5.93. The van der Waals surface area contributed by atoms with Crippen molar-refractivity contribution in [3.63, 3.8) is 0 Å². The smallest absolute Gasteiger partial charge is 0.244 e. The SMILES string of the molecule is CCNC(=O)C(C)N(Cc1ccccc1F)C(=O)CN(c1cccc(C)c1)S(C)(=O)=O. The average Bonchev–Trinajstić information content (AvgIpc) is 2.70. The van der Waals surface area contributed by atoms with Crippen LogP contribution in [0.3, 0.4) is 0 Å². The summed E-state index contributed by atoms with van der Waals surface area (Å²) in [4.78, 5) is 26.9. The number of anilines is 1. The molecule has 2 aromatic carbocycles. The average molecular weight is 450 g/mol. The van der Waals surface area contributed by atoms with E-state index in [1.165, 1.54) is 30.0 Å². The molecule has 31 heavy (non-hydrogen) atoms. The minimum Gasteiger partial charge on any atom is -0.355 e. The van der Waals surface area contributed by atoms with Crippen LogP contribution in [0.1, 0.15) is 25.0 Å². The second-order valence-corrected chi connectivity index (χ2v) is 9.20. The Labute approximate surface area is 182 Å². The molecule has 0 bridgehead atoms. The van der Waals surface area contributed by atoms with Gasteiger partial charge in [-0.15, -0.1) is 0 Å². The molecule has 9 heteroatoms. The van der Waals surface area contributed by atoms with Crippen molar-refractivity contribution >= 4 is 27.5 Å². The lowest BCUT2D eigenvalue weighted by molar-refractivity contribution is -0.139. The molecule has 1 atom stereocenters. The summed E-state index contributed by atoms with van der Waals surface area (Å²) in [6.07, 6.45) is 1.01. The third kappa shape index (κ3) is 6.52. The number of nitrogens with zero attached hydrogens (tertiary/aromatic N) is 2. The zero-order valence-electron chi connectivity index (χ0n) is 18.1. The van der Waals surface area contributed by atoms with Crippen molar-refractivity contribution in [1.82, 2.24) is 10.2 Å². The van der Waals surface area contributed by atoms with Crippen molar-refractivity contribution in [3.8, 4) is 0 Å². The number of halogens is 1. The van der Waals surface area contributed by atoms with E-state index in [0.717, 1.165) is 16.1 Å². The van der Waals surface area contributed by atoms with Gasteiger partial charge in [0.1, 0.15) is 18.4 Å². The van der Waals surface area contributed by atoms with Crippen molar-refractivity contribution in [3.05, 3.63) is 65.5 Å². The lowest BCUT2D eigenvalue weighted by Crippen LogP contribution is -2.51. The van der Waals surface area contributed by atoms with Crippen LogP contribution in [0.15, 0.2) is 48.5 Å².